The fraction of sp³-hybridized carbons (Fsp3) is 0.600. The number of aliphatic carboxylic acids is 1. The van der Waals surface area contributed by atoms with Gasteiger partial charge in [-0.15, -0.1) is 0 Å². The molecule has 0 aliphatic carbocycles. The van der Waals surface area contributed by atoms with Crippen molar-refractivity contribution >= 4 is 36.3 Å². The molecule has 20 heavy (non-hydrogen) atoms. The van der Waals surface area contributed by atoms with Crippen LogP contribution in [0, 0.1) is 0 Å². The van der Waals surface area contributed by atoms with Crippen LogP contribution in [0.25, 0.3) is 0 Å². The van der Waals surface area contributed by atoms with E-state index in [2.05, 4.69) is 23.3 Å². The zero-order chi connectivity index (χ0) is 15.7. The third-order valence-electron chi connectivity index (χ3n) is 2.31. The summed E-state index contributed by atoms with van der Waals surface area (Å²) in [5.74, 6) is -3.29. The number of thiol groups is 1. The number of hydrogen-bond acceptors (Lipinski definition) is 6. The zero-order valence-electron chi connectivity index (χ0n) is 10.7. The van der Waals surface area contributed by atoms with Crippen LogP contribution >= 0.6 is 12.6 Å². The second-order valence-corrected chi connectivity index (χ2v) is 4.28. The maximum atomic E-state index is 11.8. The number of rotatable bonds is 9. The molecule has 0 saturated heterocycles. The number of hydrogen-bond donors (Lipinski definition) is 6. The molecule has 3 amide bonds. The molecule has 0 rings (SSSR count). The van der Waals surface area contributed by atoms with Crippen LogP contribution in [0.1, 0.15) is 12.8 Å². The molecule has 0 bridgehead atoms. The first-order valence-corrected chi connectivity index (χ1v) is 6.36. The molecular formula is C10H18N4O5S. The van der Waals surface area contributed by atoms with Crippen LogP contribution in [0.15, 0.2) is 0 Å². The Morgan fingerprint density at radius 3 is 2.15 bits per heavy atom. The van der Waals surface area contributed by atoms with Gasteiger partial charge in [0.05, 0.1) is 6.54 Å². The molecule has 0 radical (unpaired) electrons. The number of nitrogens with two attached hydrogens (primary N) is 2. The van der Waals surface area contributed by atoms with Crippen molar-refractivity contribution in [2.45, 2.75) is 24.9 Å². The van der Waals surface area contributed by atoms with Crippen LogP contribution in [-0.2, 0) is 19.2 Å². The highest BCUT2D eigenvalue weighted by Gasteiger charge is 2.25. The molecule has 0 aliphatic rings. The average molecular weight is 306 g/mol. The van der Waals surface area contributed by atoms with Gasteiger partial charge in [0.1, 0.15) is 12.1 Å². The van der Waals surface area contributed by atoms with Crippen molar-refractivity contribution in [1.82, 2.24) is 10.6 Å². The number of carboxylic acid groups (broad SMARTS) is 1. The monoisotopic (exact) mass is 306 g/mol. The summed E-state index contributed by atoms with van der Waals surface area (Å²) >= 11 is 3.89. The highest BCUT2D eigenvalue weighted by atomic mass is 32.1. The van der Waals surface area contributed by atoms with Crippen molar-refractivity contribution in [2.24, 2.45) is 11.5 Å². The molecule has 0 spiro atoms. The summed E-state index contributed by atoms with van der Waals surface area (Å²) in [6.07, 6.45) is -0.321. The van der Waals surface area contributed by atoms with Crippen LogP contribution in [0.2, 0.25) is 0 Å². The van der Waals surface area contributed by atoms with Gasteiger partial charge in [-0.3, -0.25) is 14.4 Å². The predicted octanol–water partition coefficient (Wildman–Crippen LogP) is -2.81. The fourth-order valence-corrected chi connectivity index (χ4v) is 1.52. The number of carbonyl (C=O) groups is 4. The van der Waals surface area contributed by atoms with Gasteiger partial charge in [0.15, 0.2) is 0 Å². The van der Waals surface area contributed by atoms with Crippen molar-refractivity contribution in [1.29, 1.82) is 0 Å². The third-order valence-corrected chi connectivity index (χ3v) is 2.68. The van der Waals surface area contributed by atoms with E-state index < -0.39 is 35.8 Å². The Morgan fingerprint density at radius 1 is 1.15 bits per heavy atom. The molecule has 0 aromatic heterocycles. The average Bonchev–Trinajstić information content (AvgIpc) is 2.39. The van der Waals surface area contributed by atoms with E-state index in [4.69, 9.17) is 16.6 Å². The van der Waals surface area contributed by atoms with Crippen molar-refractivity contribution < 1.29 is 24.3 Å². The lowest BCUT2D eigenvalue weighted by Gasteiger charge is -2.19. The van der Waals surface area contributed by atoms with Crippen LogP contribution < -0.4 is 22.1 Å². The van der Waals surface area contributed by atoms with Crippen molar-refractivity contribution in [2.75, 3.05) is 12.3 Å². The molecule has 0 heterocycles. The molecule has 0 aromatic rings. The van der Waals surface area contributed by atoms with E-state index in [-0.39, 0.29) is 25.1 Å². The van der Waals surface area contributed by atoms with Gasteiger partial charge in [-0.05, 0) is 6.42 Å². The van der Waals surface area contributed by atoms with E-state index in [0.29, 0.717) is 0 Å². The summed E-state index contributed by atoms with van der Waals surface area (Å²) in [7, 11) is 0. The minimum absolute atomic E-state index is 0.0280. The maximum Gasteiger partial charge on any atom is 0.326 e. The number of carbonyl (C=O) groups excluding carboxylic acids is 3. The minimum atomic E-state index is -1.30. The number of carboxylic acids is 1. The second kappa shape index (κ2) is 9.15. The van der Waals surface area contributed by atoms with E-state index in [9.17, 15) is 19.2 Å². The molecule has 0 aromatic carbocycles. The van der Waals surface area contributed by atoms with Crippen LogP contribution in [0.5, 0.6) is 0 Å². The smallest absolute Gasteiger partial charge is 0.326 e. The maximum absolute atomic E-state index is 11.8. The molecular weight excluding hydrogens is 288 g/mol. The quantitative estimate of drug-likeness (QED) is 0.252. The van der Waals surface area contributed by atoms with E-state index in [0.717, 1.165) is 0 Å². The van der Waals surface area contributed by atoms with Crippen LogP contribution in [0.3, 0.4) is 0 Å². The first-order chi connectivity index (χ1) is 9.31. The first-order valence-electron chi connectivity index (χ1n) is 5.73. The minimum Gasteiger partial charge on any atom is -0.480 e. The van der Waals surface area contributed by atoms with Gasteiger partial charge in [-0.25, -0.2) is 4.79 Å². The number of primary amides is 1. The predicted molar refractivity (Wildman–Crippen MR) is 72.8 cm³/mol. The van der Waals surface area contributed by atoms with Gasteiger partial charge in [-0.1, -0.05) is 0 Å². The highest BCUT2D eigenvalue weighted by Crippen LogP contribution is 1.99. The van der Waals surface area contributed by atoms with Gasteiger partial charge in [-0.2, -0.15) is 12.6 Å². The van der Waals surface area contributed by atoms with Gasteiger partial charge in [0.2, 0.25) is 17.7 Å². The molecule has 0 fully saturated rings. The fourth-order valence-electron chi connectivity index (χ4n) is 1.26. The molecule has 10 heteroatoms. The Kier molecular flexibility index (Phi) is 8.32. The van der Waals surface area contributed by atoms with Gasteiger partial charge in [0.25, 0.3) is 0 Å². The Balaban J connectivity index is 4.59. The molecule has 7 N–H and O–H groups in total. The standard InChI is InChI=1S/C10H18N4O5S/c11-3-8(16)13-6(4-20)9(17)14-5(10(18)19)1-2-7(12)15/h5-6,20H,1-4,11H2,(H2,12,15)(H,13,16)(H,14,17)(H,18,19)/t5-,6-/m0/s1. The SMILES string of the molecule is NCC(=O)N[C@@H](CS)C(=O)N[C@@H](CCC(N)=O)C(=O)O. The number of amides is 3. The normalized spacial score (nSPS) is 13.1. The van der Waals surface area contributed by atoms with E-state index in [1.807, 2.05) is 0 Å². The Morgan fingerprint density at radius 2 is 1.75 bits per heavy atom. The summed E-state index contributed by atoms with van der Waals surface area (Å²) < 4.78 is 0. The Hall–Kier alpha value is -1.81. The van der Waals surface area contributed by atoms with Crippen molar-refractivity contribution in [3.8, 4) is 0 Å². The molecule has 0 aliphatic heterocycles. The zero-order valence-corrected chi connectivity index (χ0v) is 11.6. The lowest BCUT2D eigenvalue weighted by molar-refractivity contribution is -0.142. The molecule has 2 atom stereocenters. The highest BCUT2D eigenvalue weighted by molar-refractivity contribution is 7.80. The van der Waals surface area contributed by atoms with Gasteiger partial charge in [0, 0.05) is 12.2 Å². The summed E-state index contributed by atoms with van der Waals surface area (Å²) in [4.78, 5) is 44.4. The van der Waals surface area contributed by atoms with Crippen LogP contribution in [-0.4, -0.2) is 53.2 Å². The first kappa shape index (κ1) is 18.2. The molecule has 0 saturated carbocycles. The Labute approximate surface area is 120 Å². The van der Waals surface area contributed by atoms with E-state index >= 15 is 0 Å². The largest absolute Gasteiger partial charge is 0.480 e. The summed E-state index contributed by atoms with van der Waals surface area (Å²) in [6, 6.07) is -2.28. The Bertz CT molecular complexity index is 390. The van der Waals surface area contributed by atoms with Crippen molar-refractivity contribution in [3.63, 3.8) is 0 Å². The van der Waals surface area contributed by atoms with Crippen molar-refractivity contribution in [3.05, 3.63) is 0 Å². The number of nitrogens with one attached hydrogen (secondary N) is 2. The molecule has 9 nitrogen and oxygen atoms in total. The summed E-state index contributed by atoms with van der Waals surface area (Å²) in [6.45, 7) is -0.304. The molecule has 114 valence electrons. The lowest BCUT2D eigenvalue weighted by Crippen LogP contribution is -2.53. The van der Waals surface area contributed by atoms with E-state index in [1.165, 1.54) is 0 Å². The van der Waals surface area contributed by atoms with Crippen LogP contribution in [0.4, 0.5) is 0 Å². The topological polar surface area (TPSA) is 165 Å². The van der Waals surface area contributed by atoms with Gasteiger partial charge < -0.3 is 27.2 Å². The lowest BCUT2D eigenvalue weighted by atomic mass is 10.1. The second-order valence-electron chi connectivity index (χ2n) is 3.91. The van der Waals surface area contributed by atoms with E-state index in [1.54, 1.807) is 0 Å². The van der Waals surface area contributed by atoms with Gasteiger partial charge >= 0.3 is 5.97 Å². The third kappa shape index (κ3) is 6.95. The summed E-state index contributed by atoms with van der Waals surface area (Å²) in [5, 5.41) is 13.4. The molecule has 0 unspecified atom stereocenters. The summed E-state index contributed by atoms with van der Waals surface area (Å²) in [5.41, 5.74) is 10.0.